The smallest absolute Gasteiger partial charge is 0.339 e. The van der Waals surface area contributed by atoms with Crippen LogP contribution in [0.4, 0.5) is 5.69 Å². The highest BCUT2D eigenvalue weighted by Gasteiger charge is 2.37. The van der Waals surface area contributed by atoms with Crippen LogP contribution in [0.25, 0.3) is 0 Å². The predicted octanol–water partition coefficient (Wildman–Crippen LogP) is -0.516. The molecule has 1 aromatic rings. The zero-order chi connectivity index (χ0) is 15.1. The second-order valence-electron chi connectivity index (χ2n) is 4.43. The third-order valence-corrected chi connectivity index (χ3v) is 4.32. The molecule has 0 aliphatic carbocycles. The number of anilines is 1. The number of hydrogen-bond donors (Lipinski definition) is 3. The van der Waals surface area contributed by atoms with Gasteiger partial charge in [-0.1, -0.05) is 0 Å². The van der Waals surface area contributed by atoms with Gasteiger partial charge in [0.05, 0.1) is 0 Å². The maximum Gasteiger partial charge on any atom is 0.339 e. The van der Waals surface area contributed by atoms with Gasteiger partial charge in [-0.3, -0.25) is 4.79 Å². The van der Waals surface area contributed by atoms with Crippen molar-refractivity contribution in [1.29, 1.82) is 0 Å². The second kappa shape index (κ2) is 4.76. The fourth-order valence-corrected chi connectivity index (χ4v) is 2.74. The quantitative estimate of drug-likeness (QED) is 0.687. The number of amides is 1. The van der Waals surface area contributed by atoms with Gasteiger partial charge in [-0.25, -0.2) is 18.4 Å². The maximum absolute atomic E-state index is 11.8. The van der Waals surface area contributed by atoms with E-state index in [0.717, 1.165) is 17.0 Å². The number of sulfonamides is 1. The summed E-state index contributed by atoms with van der Waals surface area (Å²) in [7, 11) is -3.83. The predicted molar refractivity (Wildman–Crippen MR) is 68.9 cm³/mol. The minimum atomic E-state index is -3.83. The van der Waals surface area contributed by atoms with Crippen LogP contribution in [0.5, 0.6) is 5.75 Å². The molecule has 4 N–H and O–H groups in total. The van der Waals surface area contributed by atoms with Crippen LogP contribution in [0.1, 0.15) is 16.8 Å². The van der Waals surface area contributed by atoms with Crippen LogP contribution in [-0.2, 0) is 14.8 Å². The number of carbonyl (C=O) groups is 2. The zero-order valence-corrected chi connectivity index (χ0v) is 11.0. The van der Waals surface area contributed by atoms with E-state index in [-0.39, 0.29) is 24.2 Å². The van der Waals surface area contributed by atoms with Gasteiger partial charge >= 0.3 is 5.97 Å². The van der Waals surface area contributed by atoms with Crippen LogP contribution in [0.2, 0.25) is 0 Å². The summed E-state index contributed by atoms with van der Waals surface area (Å²) in [4.78, 5) is 23.7. The van der Waals surface area contributed by atoms with E-state index in [1.54, 1.807) is 0 Å². The van der Waals surface area contributed by atoms with Crippen LogP contribution in [0, 0.1) is 0 Å². The molecular weight excluding hydrogens is 288 g/mol. The number of carboxylic acid groups (broad SMARTS) is 1. The molecule has 1 saturated heterocycles. The van der Waals surface area contributed by atoms with E-state index in [4.69, 9.17) is 10.2 Å². The average Bonchev–Trinajstić information content (AvgIpc) is 2.70. The Labute approximate surface area is 114 Å². The van der Waals surface area contributed by atoms with E-state index in [1.807, 2.05) is 0 Å². The van der Waals surface area contributed by atoms with Crippen molar-refractivity contribution in [2.75, 3.05) is 11.4 Å². The third-order valence-electron chi connectivity index (χ3n) is 3.08. The van der Waals surface area contributed by atoms with Gasteiger partial charge in [0.1, 0.15) is 16.6 Å². The van der Waals surface area contributed by atoms with Gasteiger partial charge in [0.2, 0.25) is 15.9 Å². The van der Waals surface area contributed by atoms with E-state index in [2.05, 4.69) is 0 Å². The molecule has 1 fully saturated rings. The normalized spacial score (nSPS) is 19.4. The molecule has 1 aliphatic heterocycles. The first-order chi connectivity index (χ1) is 9.20. The second-order valence-corrected chi connectivity index (χ2v) is 6.27. The number of rotatable bonds is 3. The molecule has 9 heteroatoms. The van der Waals surface area contributed by atoms with Crippen LogP contribution in [0.3, 0.4) is 0 Å². The Bertz CT molecular complexity index is 684. The Kier molecular flexibility index (Phi) is 3.40. The number of aromatic carboxylic acids is 1. The third kappa shape index (κ3) is 2.58. The van der Waals surface area contributed by atoms with E-state index >= 15 is 0 Å². The Morgan fingerprint density at radius 3 is 2.50 bits per heavy atom. The first-order valence-electron chi connectivity index (χ1n) is 5.58. The van der Waals surface area contributed by atoms with E-state index in [9.17, 15) is 23.1 Å². The highest BCUT2D eigenvalue weighted by atomic mass is 32.2. The molecule has 108 valence electrons. The molecule has 0 spiro atoms. The van der Waals surface area contributed by atoms with Gasteiger partial charge in [-0.2, -0.15) is 0 Å². The van der Waals surface area contributed by atoms with E-state index in [0.29, 0.717) is 0 Å². The monoisotopic (exact) mass is 300 g/mol. The summed E-state index contributed by atoms with van der Waals surface area (Å²) in [6.45, 7) is -0.122. The standard InChI is InChI=1S/C11H12N2O6S/c12-20(18,19)7-4-10(15)13(5-7)6-1-2-8(11(16)17)9(14)3-6/h1-3,7,14H,4-5H2,(H,16,17)(H2,12,18,19). The number of primary sulfonamides is 1. The lowest BCUT2D eigenvalue weighted by atomic mass is 10.1. The summed E-state index contributed by atoms with van der Waals surface area (Å²) in [5.41, 5.74) is -0.0768. The molecule has 8 nitrogen and oxygen atoms in total. The lowest BCUT2D eigenvalue weighted by Gasteiger charge is -2.17. The van der Waals surface area contributed by atoms with Crippen LogP contribution in [-0.4, -0.2) is 42.3 Å². The van der Waals surface area contributed by atoms with Gasteiger partial charge in [-0.15, -0.1) is 0 Å². The minimum Gasteiger partial charge on any atom is -0.507 e. The first-order valence-corrected chi connectivity index (χ1v) is 7.19. The maximum atomic E-state index is 11.8. The first kappa shape index (κ1) is 14.3. The van der Waals surface area contributed by atoms with Crippen LogP contribution >= 0.6 is 0 Å². The molecule has 1 unspecified atom stereocenters. The summed E-state index contributed by atoms with van der Waals surface area (Å²) in [6, 6.07) is 3.57. The number of benzene rings is 1. The van der Waals surface area contributed by atoms with Gasteiger partial charge < -0.3 is 15.1 Å². The number of aromatic hydroxyl groups is 1. The Hall–Kier alpha value is -2.13. The van der Waals surface area contributed by atoms with Gasteiger partial charge in [-0.05, 0) is 12.1 Å². The Morgan fingerprint density at radius 2 is 2.05 bits per heavy atom. The van der Waals surface area contributed by atoms with Crippen molar-refractivity contribution in [2.45, 2.75) is 11.7 Å². The van der Waals surface area contributed by atoms with Crippen molar-refractivity contribution in [3.63, 3.8) is 0 Å². The number of nitrogens with zero attached hydrogens (tertiary/aromatic N) is 1. The number of carboxylic acids is 1. The van der Waals surface area contributed by atoms with Crippen LogP contribution < -0.4 is 10.0 Å². The molecular formula is C11H12N2O6S. The van der Waals surface area contributed by atoms with Crippen molar-refractivity contribution < 1.29 is 28.2 Å². The highest BCUT2D eigenvalue weighted by Crippen LogP contribution is 2.29. The van der Waals surface area contributed by atoms with E-state index < -0.39 is 32.9 Å². The van der Waals surface area contributed by atoms with Gasteiger partial charge in [0.15, 0.2) is 0 Å². The van der Waals surface area contributed by atoms with Crippen molar-refractivity contribution in [2.24, 2.45) is 5.14 Å². The highest BCUT2D eigenvalue weighted by molar-refractivity contribution is 7.89. The fourth-order valence-electron chi connectivity index (χ4n) is 2.01. The molecule has 2 rings (SSSR count). The van der Waals surface area contributed by atoms with Gasteiger partial charge in [0, 0.05) is 24.7 Å². The molecule has 1 amide bonds. The summed E-state index contributed by atoms with van der Waals surface area (Å²) in [5, 5.41) is 22.4. The molecule has 0 bridgehead atoms. The van der Waals surface area contributed by atoms with Gasteiger partial charge in [0.25, 0.3) is 0 Å². The number of carbonyl (C=O) groups excluding carboxylic acids is 1. The molecule has 1 aliphatic rings. The summed E-state index contributed by atoms with van der Waals surface area (Å²) in [5.74, 6) is -2.25. The number of hydrogen-bond acceptors (Lipinski definition) is 5. The Morgan fingerprint density at radius 1 is 1.40 bits per heavy atom. The number of phenols is 1. The lowest BCUT2D eigenvalue weighted by molar-refractivity contribution is -0.117. The topological polar surface area (TPSA) is 138 Å². The molecule has 0 radical (unpaired) electrons. The van der Waals surface area contributed by atoms with Crippen LogP contribution in [0.15, 0.2) is 18.2 Å². The summed E-state index contributed by atoms with van der Waals surface area (Å²) >= 11 is 0. The molecule has 0 aromatic heterocycles. The molecule has 1 atom stereocenters. The lowest BCUT2D eigenvalue weighted by Crippen LogP contribution is -2.32. The molecule has 1 heterocycles. The molecule has 1 aromatic carbocycles. The van der Waals surface area contributed by atoms with Crippen molar-refractivity contribution in [3.05, 3.63) is 23.8 Å². The average molecular weight is 300 g/mol. The van der Waals surface area contributed by atoms with E-state index in [1.165, 1.54) is 6.07 Å². The van der Waals surface area contributed by atoms with Crippen molar-refractivity contribution in [1.82, 2.24) is 0 Å². The fraction of sp³-hybridized carbons (Fsp3) is 0.273. The SMILES string of the molecule is NS(=O)(=O)C1CC(=O)N(c2ccc(C(=O)O)c(O)c2)C1. The zero-order valence-electron chi connectivity index (χ0n) is 10.2. The summed E-state index contributed by atoms with van der Waals surface area (Å²) < 4.78 is 22.5. The van der Waals surface area contributed by atoms with Crippen molar-refractivity contribution >= 4 is 27.6 Å². The number of nitrogens with two attached hydrogens (primary N) is 1. The van der Waals surface area contributed by atoms with Crippen molar-refractivity contribution in [3.8, 4) is 5.75 Å². The Balaban J connectivity index is 2.31. The minimum absolute atomic E-state index is 0.122. The largest absolute Gasteiger partial charge is 0.507 e. The molecule has 0 saturated carbocycles. The molecule has 20 heavy (non-hydrogen) atoms. The summed E-state index contributed by atoms with van der Waals surface area (Å²) in [6.07, 6.45) is -0.236.